The Morgan fingerprint density at radius 2 is 1.82 bits per heavy atom. The summed E-state index contributed by atoms with van der Waals surface area (Å²) in [6.07, 6.45) is 1.57. The second-order valence-electron chi connectivity index (χ2n) is 9.92. The molecule has 1 aromatic carbocycles. The van der Waals surface area contributed by atoms with Crippen LogP contribution in [0.3, 0.4) is 0 Å². The molecular weight excluding hydrogens is 553 g/mol. The highest BCUT2D eigenvalue weighted by Gasteiger charge is 2.28. The fraction of sp³-hybridized carbons (Fsp3) is 0.462. The summed E-state index contributed by atoms with van der Waals surface area (Å²) < 4.78 is 15.5. The van der Waals surface area contributed by atoms with E-state index in [0.29, 0.717) is 37.7 Å². The summed E-state index contributed by atoms with van der Waals surface area (Å²) in [6, 6.07) is 10.9. The Hall–Kier alpha value is -2.18. The molecule has 0 spiro atoms. The van der Waals surface area contributed by atoms with Gasteiger partial charge in [-0.1, -0.05) is 24.3 Å². The second kappa shape index (κ2) is 13.0. The molecule has 1 aromatic heterocycles. The van der Waals surface area contributed by atoms with Crippen molar-refractivity contribution in [1.82, 2.24) is 29.8 Å². The Morgan fingerprint density at radius 3 is 2.46 bits per heavy atom. The molecule has 3 aliphatic heterocycles. The van der Waals surface area contributed by atoms with Gasteiger partial charge >= 0.3 is 0 Å². The van der Waals surface area contributed by atoms with Crippen molar-refractivity contribution >= 4 is 46.2 Å². The predicted octanol–water partition coefficient (Wildman–Crippen LogP) is 1.44. The first-order valence-electron chi connectivity index (χ1n) is 13.1. The van der Waals surface area contributed by atoms with E-state index in [1.54, 1.807) is 11.7 Å². The number of hydrogen-bond acceptors (Lipinski definition) is 9. The van der Waals surface area contributed by atoms with E-state index < -0.39 is 23.6 Å². The van der Waals surface area contributed by atoms with Crippen LogP contribution in [0.15, 0.2) is 52.5 Å². The van der Waals surface area contributed by atoms with Crippen molar-refractivity contribution in [2.75, 3.05) is 72.6 Å². The maximum Gasteiger partial charge on any atom is 0.273 e. The van der Waals surface area contributed by atoms with Gasteiger partial charge in [-0.15, -0.1) is 11.3 Å². The predicted molar refractivity (Wildman–Crippen MR) is 160 cm³/mol. The van der Waals surface area contributed by atoms with Gasteiger partial charge in [-0.25, -0.2) is 19.0 Å². The summed E-state index contributed by atoms with van der Waals surface area (Å²) in [4.78, 5) is 24.4. The number of rotatable bonds is 7. The largest absolute Gasteiger partial charge is 0.340 e. The Kier molecular flexibility index (Phi) is 9.44. The Bertz CT molecular complexity index is 1240. The number of carbonyl (C=O) groups is 1. The molecule has 4 heterocycles. The molecule has 2 fully saturated rings. The van der Waals surface area contributed by atoms with E-state index in [1.807, 2.05) is 11.3 Å². The van der Waals surface area contributed by atoms with Crippen molar-refractivity contribution in [1.29, 1.82) is 0 Å². The monoisotopic (exact) mass is 589 g/mol. The smallest absolute Gasteiger partial charge is 0.273 e. The highest BCUT2D eigenvalue weighted by Crippen LogP contribution is 2.38. The minimum Gasteiger partial charge on any atom is -0.340 e. The zero-order valence-electron chi connectivity index (χ0n) is 22.4. The number of amides is 1. The molecule has 3 N–H and O–H groups in total. The summed E-state index contributed by atoms with van der Waals surface area (Å²) in [7, 11) is 0.252. The van der Waals surface area contributed by atoms with Crippen LogP contribution < -0.4 is 16.1 Å². The highest BCUT2D eigenvalue weighted by atomic mass is 32.7. The number of benzene rings is 1. The first-order chi connectivity index (χ1) is 18.9. The molecule has 0 bridgehead atoms. The van der Waals surface area contributed by atoms with Crippen LogP contribution in [0.1, 0.15) is 4.88 Å². The molecule has 39 heavy (non-hydrogen) atoms. The number of nitrogens with one attached hydrogen (secondary N) is 2. The van der Waals surface area contributed by atoms with E-state index in [-0.39, 0.29) is 6.54 Å². The van der Waals surface area contributed by atoms with Crippen molar-refractivity contribution in [3.8, 4) is 11.1 Å². The van der Waals surface area contributed by atoms with Crippen LogP contribution in [-0.4, -0.2) is 113 Å². The van der Waals surface area contributed by atoms with Gasteiger partial charge < -0.3 is 15.1 Å². The number of aliphatic imine (C=N–C) groups is 1. The van der Waals surface area contributed by atoms with Crippen molar-refractivity contribution in [3.05, 3.63) is 52.4 Å². The summed E-state index contributed by atoms with van der Waals surface area (Å²) in [6.45, 7) is 10.5. The average molecular weight is 590 g/mol. The maximum atomic E-state index is 13.5. The highest BCUT2D eigenvalue weighted by molar-refractivity contribution is 8.47. The van der Waals surface area contributed by atoms with Crippen molar-refractivity contribution in [2.45, 2.75) is 6.54 Å². The van der Waals surface area contributed by atoms with E-state index >= 15 is 0 Å². The van der Waals surface area contributed by atoms with Crippen LogP contribution in [0.5, 0.6) is 0 Å². The molecule has 0 radical (unpaired) electrons. The van der Waals surface area contributed by atoms with Gasteiger partial charge in [0.25, 0.3) is 5.91 Å². The minimum absolute atomic E-state index is 0.208. The van der Waals surface area contributed by atoms with E-state index in [2.05, 4.69) is 78.7 Å². The fourth-order valence-electron chi connectivity index (χ4n) is 4.90. The molecular formula is C26H36N7O3PS2. The lowest BCUT2D eigenvalue weighted by Gasteiger charge is -2.37. The van der Waals surface area contributed by atoms with Gasteiger partial charge in [-0.3, -0.25) is 14.9 Å². The average Bonchev–Trinajstić information content (AvgIpc) is 3.45. The molecule has 2 aromatic rings. The molecule has 10 nitrogen and oxygen atoms in total. The van der Waals surface area contributed by atoms with Crippen LogP contribution in [-0.2, 0) is 21.9 Å². The Labute approximate surface area is 237 Å². The lowest BCUT2D eigenvalue weighted by molar-refractivity contribution is -0.125. The number of hydrogen-bond donors (Lipinski definition) is 3. The number of nitrogens with zero attached hydrogens (tertiary/aromatic N) is 5. The summed E-state index contributed by atoms with van der Waals surface area (Å²) in [5.74, 6) is 0.140. The number of carbonyl (C=O) groups excluding carboxylic acids is 1. The van der Waals surface area contributed by atoms with Crippen molar-refractivity contribution in [3.63, 3.8) is 0 Å². The molecule has 2 unspecified atom stereocenters. The molecule has 0 aliphatic carbocycles. The van der Waals surface area contributed by atoms with E-state index in [9.17, 15) is 9.00 Å². The molecule has 13 heteroatoms. The van der Waals surface area contributed by atoms with Gasteiger partial charge in [0.05, 0.1) is 12.1 Å². The zero-order chi connectivity index (χ0) is 27.4. The Balaban J connectivity index is 1.14. The lowest BCUT2D eigenvalue weighted by Crippen LogP contribution is -2.52. The first kappa shape index (κ1) is 28.4. The molecule has 2 saturated heterocycles. The van der Waals surface area contributed by atoms with Crippen LogP contribution >= 0.6 is 18.5 Å². The van der Waals surface area contributed by atoms with E-state index in [4.69, 9.17) is 5.21 Å². The zero-order valence-corrected chi connectivity index (χ0v) is 24.9. The number of guanidine groups is 1. The Morgan fingerprint density at radius 1 is 1.10 bits per heavy atom. The molecule has 210 valence electrons. The van der Waals surface area contributed by atoms with Crippen LogP contribution in [0.2, 0.25) is 0 Å². The quantitative estimate of drug-likeness (QED) is 0.255. The molecule has 1 amide bonds. The standard InChI is InChI=1S/C26H36N7O3PS2/c1-30-8-10-31(11-9-30)19-24-23(7-16-38-24)20-3-5-22(6-4-20)37(2)39(36)33-14-12-32(13-15-33)26-27-17-21(18-28-26)25(34)29-35/h3-7,16-17,35H,8-15,18-19H2,1-2H3,(H,27,28)(H,29,34). The second-order valence-corrected chi connectivity index (χ2v) is 16.0. The number of hydroxylamine groups is 1. The van der Waals surface area contributed by atoms with E-state index in [1.165, 1.54) is 16.0 Å². The van der Waals surface area contributed by atoms with Crippen LogP contribution in [0.25, 0.3) is 11.1 Å². The van der Waals surface area contributed by atoms with Crippen molar-refractivity contribution < 1.29 is 14.2 Å². The van der Waals surface area contributed by atoms with Crippen molar-refractivity contribution in [2.24, 2.45) is 4.99 Å². The number of piperazine rings is 2. The third-order valence-corrected chi connectivity index (χ3v) is 13.3. The molecule has 0 saturated carbocycles. The summed E-state index contributed by atoms with van der Waals surface area (Å²) in [5.41, 5.74) is 4.53. The molecule has 3 aliphatic rings. The third kappa shape index (κ3) is 6.77. The van der Waals surface area contributed by atoms with Gasteiger partial charge in [0, 0.05) is 77.1 Å². The topological polar surface area (TPSA) is 104 Å². The first-order valence-corrected chi connectivity index (χ1v) is 17.5. The maximum absolute atomic E-state index is 13.5. The lowest BCUT2D eigenvalue weighted by atomic mass is 10.1. The van der Waals surface area contributed by atoms with Gasteiger partial charge in [0.1, 0.15) is 10.6 Å². The number of likely N-dealkylation sites (N-methyl/N-ethyl adjacent to an activating group) is 1. The summed E-state index contributed by atoms with van der Waals surface area (Å²) in [5, 5.41) is 15.1. The van der Waals surface area contributed by atoms with Gasteiger partial charge in [0.2, 0.25) is 0 Å². The van der Waals surface area contributed by atoms with E-state index in [0.717, 1.165) is 38.0 Å². The summed E-state index contributed by atoms with van der Waals surface area (Å²) >= 11 is 1.83. The normalized spacial score (nSPS) is 21.1. The van der Waals surface area contributed by atoms with Gasteiger partial charge in [-0.05, 0) is 41.6 Å². The SMILES string of the molecule is CN1CCN(Cc2sccc2-c2ccc(P(C)S(=O)N3CCN(C4=NCC(C(=O)NO)=CN4)CC3)cc2)CC1. The minimum atomic E-state index is -1.08. The molecule has 5 rings (SSSR count). The van der Waals surface area contributed by atoms with Crippen LogP contribution in [0.4, 0.5) is 0 Å². The third-order valence-electron chi connectivity index (χ3n) is 7.41. The van der Waals surface area contributed by atoms with Gasteiger partial charge in [-0.2, -0.15) is 0 Å². The molecule has 2 atom stereocenters. The van der Waals surface area contributed by atoms with Crippen LogP contribution in [0, 0.1) is 0 Å². The fourth-order valence-corrected chi connectivity index (χ4v) is 9.85. The van der Waals surface area contributed by atoms with Gasteiger partial charge in [0.15, 0.2) is 5.96 Å². The number of thiophene rings is 1.